The topological polar surface area (TPSA) is 38.5 Å². The molecule has 110 valence electrons. The molecule has 3 saturated heterocycles. The number of rotatable bonds is 3. The molecule has 3 nitrogen and oxygen atoms in total. The van der Waals surface area contributed by atoms with E-state index in [4.69, 9.17) is 10.5 Å². The van der Waals surface area contributed by atoms with Gasteiger partial charge in [0.05, 0.1) is 5.60 Å². The Balaban J connectivity index is 1.72. The van der Waals surface area contributed by atoms with Crippen molar-refractivity contribution in [2.24, 2.45) is 5.73 Å². The van der Waals surface area contributed by atoms with E-state index in [2.05, 4.69) is 18.7 Å². The van der Waals surface area contributed by atoms with Crippen LogP contribution in [-0.2, 0) is 4.74 Å². The molecule has 3 fully saturated rings. The van der Waals surface area contributed by atoms with Gasteiger partial charge in [-0.1, -0.05) is 13.8 Å². The molecule has 0 radical (unpaired) electrons. The quantitative estimate of drug-likeness (QED) is 0.853. The van der Waals surface area contributed by atoms with Crippen LogP contribution in [0.5, 0.6) is 0 Å². The minimum atomic E-state index is 0.155. The van der Waals surface area contributed by atoms with Crippen LogP contribution >= 0.6 is 0 Å². The smallest absolute Gasteiger partial charge is 0.0692 e. The molecule has 0 amide bonds. The predicted molar refractivity (Wildman–Crippen MR) is 78.1 cm³/mol. The van der Waals surface area contributed by atoms with E-state index < -0.39 is 0 Å². The highest BCUT2D eigenvalue weighted by Gasteiger charge is 2.46. The third-order valence-corrected chi connectivity index (χ3v) is 6.00. The Kier molecular flexibility index (Phi) is 3.89. The van der Waals surface area contributed by atoms with Crippen molar-refractivity contribution in [2.75, 3.05) is 6.61 Å². The molecular weight excluding hydrogens is 236 g/mol. The molecule has 3 rings (SSSR count). The lowest BCUT2D eigenvalue weighted by Crippen LogP contribution is -2.56. The van der Waals surface area contributed by atoms with Crippen LogP contribution in [0.15, 0.2) is 0 Å². The third-order valence-electron chi connectivity index (χ3n) is 6.00. The zero-order chi connectivity index (χ0) is 13.5. The largest absolute Gasteiger partial charge is 0.375 e. The second kappa shape index (κ2) is 5.34. The lowest BCUT2D eigenvalue weighted by molar-refractivity contribution is -0.119. The summed E-state index contributed by atoms with van der Waals surface area (Å²) in [6.45, 7) is 5.52. The van der Waals surface area contributed by atoms with Gasteiger partial charge in [-0.25, -0.2) is 0 Å². The molecule has 0 spiro atoms. The van der Waals surface area contributed by atoms with Gasteiger partial charge in [-0.15, -0.1) is 0 Å². The Hall–Kier alpha value is -0.120. The molecule has 0 aliphatic carbocycles. The molecule has 2 N–H and O–H groups in total. The first-order valence-electron chi connectivity index (χ1n) is 8.34. The fourth-order valence-electron chi connectivity index (χ4n) is 4.85. The van der Waals surface area contributed by atoms with Gasteiger partial charge in [0.15, 0.2) is 0 Å². The summed E-state index contributed by atoms with van der Waals surface area (Å²) < 4.78 is 6.15. The molecule has 3 aliphatic rings. The van der Waals surface area contributed by atoms with Crippen molar-refractivity contribution in [1.29, 1.82) is 0 Å². The summed E-state index contributed by atoms with van der Waals surface area (Å²) in [7, 11) is 0. The van der Waals surface area contributed by atoms with Crippen molar-refractivity contribution in [1.82, 2.24) is 4.90 Å². The maximum absolute atomic E-state index is 6.20. The highest BCUT2D eigenvalue weighted by atomic mass is 16.5. The second-order valence-electron chi connectivity index (χ2n) is 6.95. The van der Waals surface area contributed by atoms with Gasteiger partial charge in [-0.3, -0.25) is 4.90 Å². The maximum atomic E-state index is 6.20. The maximum Gasteiger partial charge on any atom is 0.0692 e. The highest BCUT2D eigenvalue weighted by molar-refractivity contribution is 5.01. The van der Waals surface area contributed by atoms with Gasteiger partial charge in [0.1, 0.15) is 0 Å². The van der Waals surface area contributed by atoms with Gasteiger partial charge < -0.3 is 10.5 Å². The van der Waals surface area contributed by atoms with E-state index in [0.29, 0.717) is 6.04 Å². The Morgan fingerprint density at radius 2 is 1.68 bits per heavy atom. The summed E-state index contributed by atoms with van der Waals surface area (Å²) in [6, 6.07) is 2.74. The summed E-state index contributed by atoms with van der Waals surface area (Å²) in [5, 5.41) is 0. The zero-order valence-electron chi connectivity index (χ0n) is 12.6. The molecule has 0 saturated carbocycles. The molecule has 3 unspecified atom stereocenters. The first kappa shape index (κ1) is 13.8. The van der Waals surface area contributed by atoms with Gasteiger partial charge in [-0.2, -0.15) is 0 Å². The Morgan fingerprint density at radius 1 is 1.05 bits per heavy atom. The number of hydrogen-bond donors (Lipinski definition) is 1. The average Bonchev–Trinajstić information content (AvgIpc) is 2.71. The molecule has 3 heterocycles. The fourth-order valence-corrected chi connectivity index (χ4v) is 4.85. The van der Waals surface area contributed by atoms with Gasteiger partial charge >= 0.3 is 0 Å². The van der Waals surface area contributed by atoms with E-state index in [0.717, 1.165) is 37.6 Å². The molecule has 0 aromatic rings. The van der Waals surface area contributed by atoms with E-state index in [1.807, 2.05) is 0 Å². The molecule has 3 atom stereocenters. The van der Waals surface area contributed by atoms with Gasteiger partial charge in [0.2, 0.25) is 0 Å². The van der Waals surface area contributed by atoms with Crippen LogP contribution in [0.3, 0.4) is 0 Å². The van der Waals surface area contributed by atoms with E-state index in [-0.39, 0.29) is 5.60 Å². The van der Waals surface area contributed by atoms with Crippen molar-refractivity contribution >= 4 is 0 Å². The van der Waals surface area contributed by atoms with Crippen LogP contribution in [-0.4, -0.2) is 41.3 Å². The number of hydrogen-bond acceptors (Lipinski definition) is 3. The molecule has 3 heteroatoms. The highest BCUT2D eigenvalue weighted by Crippen LogP contribution is 2.42. The van der Waals surface area contributed by atoms with Crippen molar-refractivity contribution in [3.8, 4) is 0 Å². The summed E-state index contributed by atoms with van der Waals surface area (Å²) >= 11 is 0. The molecule has 2 bridgehead atoms. The van der Waals surface area contributed by atoms with E-state index in [1.165, 1.54) is 38.5 Å². The number of piperidine rings is 1. The Morgan fingerprint density at radius 3 is 2.26 bits per heavy atom. The lowest BCUT2D eigenvalue weighted by atomic mass is 9.83. The van der Waals surface area contributed by atoms with Gasteiger partial charge in [0, 0.05) is 30.8 Å². The molecule has 0 aromatic carbocycles. The molecule has 3 aliphatic heterocycles. The SMILES string of the molecule is CCC1(CC)CC(N2C3CCC2CC(N)C3)CCO1. The van der Waals surface area contributed by atoms with E-state index in [9.17, 15) is 0 Å². The zero-order valence-corrected chi connectivity index (χ0v) is 12.6. The van der Waals surface area contributed by atoms with E-state index >= 15 is 0 Å². The van der Waals surface area contributed by atoms with Gasteiger partial charge in [-0.05, 0) is 51.4 Å². The monoisotopic (exact) mass is 266 g/mol. The minimum Gasteiger partial charge on any atom is -0.375 e. The number of nitrogens with zero attached hydrogens (tertiary/aromatic N) is 1. The number of ether oxygens (including phenoxy) is 1. The van der Waals surface area contributed by atoms with Crippen molar-refractivity contribution in [3.05, 3.63) is 0 Å². The number of fused-ring (bicyclic) bond motifs is 2. The normalized spacial score (nSPS) is 42.5. The van der Waals surface area contributed by atoms with Crippen LogP contribution in [0.1, 0.15) is 65.2 Å². The van der Waals surface area contributed by atoms with Crippen molar-refractivity contribution in [3.63, 3.8) is 0 Å². The Bertz CT molecular complexity index is 302. The first-order chi connectivity index (χ1) is 9.17. The van der Waals surface area contributed by atoms with Crippen molar-refractivity contribution < 1.29 is 4.74 Å². The predicted octanol–water partition coefficient (Wildman–Crippen LogP) is 2.68. The second-order valence-corrected chi connectivity index (χ2v) is 6.95. The standard InChI is InChI=1S/C16H30N2O/c1-3-16(4-2)11-15(7-8-19-16)18-13-5-6-14(18)10-12(17)9-13/h12-15H,3-11,17H2,1-2H3. The first-order valence-corrected chi connectivity index (χ1v) is 8.34. The summed E-state index contributed by atoms with van der Waals surface area (Å²) in [6.07, 6.45) is 9.97. The Labute approximate surface area is 117 Å². The number of nitrogens with two attached hydrogens (primary N) is 1. The van der Waals surface area contributed by atoms with Crippen LogP contribution in [0, 0.1) is 0 Å². The molecule has 19 heavy (non-hydrogen) atoms. The van der Waals surface area contributed by atoms with Crippen LogP contribution in [0.25, 0.3) is 0 Å². The van der Waals surface area contributed by atoms with Gasteiger partial charge in [0.25, 0.3) is 0 Å². The van der Waals surface area contributed by atoms with Crippen LogP contribution < -0.4 is 5.73 Å². The minimum absolute atomic E-state index is 0.155. The van der Waals surface area contributed by atoms with Crippen LogP contribution in [0.4, 0.5) is 0 Å². The lowest BCUT2D eigenvalue weighted by Gasteiger charge is -2.49. The molecular formula is C16H30N2O. The summed E-state index contributed by atoms with van der Waals surface area (Å²) in [5.41, 5.74) is 6.36. The van der Waals surface area contributed by atoms with E-state index in [1.54, 1.807) is 0 Å². The molecule has 0 aromatic heterocycles. The van der Waals surface area contributed by atoms with Crippen molar-refractivity contribution in [2.45, 2.75) is 95.0 Å². The third kappa shape index (κ3) is 2.45. The summed E-state index contributed by atoms with van der Waals surface area (Å²) in [5.74, 6) is 0. The van der Waals surface area contributed by atoms with Crippen LogP contribution in [0.2, 0.25) is 0 Å². The average molecular weight is 266 g/mol. The summed E-state index contributed by atoms with van der Waals surface area (Å²) in [4.78, 5) is 2.85. The fraction of sp³-hybridized carbons (Fsp3) is 1.00.